The summed E-state index contributed by atoms with van der Waals surface area (Å²) in [5, 5.41) is 17.2. The molecule has 128 valence electrons. The van der Waals surface area contributed by atoms with Crippen molar-refractivity contribution in [2.24, 2.45) is 5.41 Å². The molecule has 2 atom stereocenters. The van der Waals surface area contributed by atoms with E-state index in [4.69, 9.17) is 5.11 Å². The third-order valence-electron chi connectivity index (χ3n) is 4.83. The highest BCUT2D eigenvalue weighted by atomic mass is 32.2. The number of fused-ring (bicyclic) bond motifs is 1. The number of carbonyl (C=O) groups is 1. The molecule has 2 aliphatic rings. The first kappa shape index (κ1) is 16.5. The topological polar surface area (TPSA) is 106 Å². The molecule has 9 heteroatoms. The predicted molar refractivity (Wildman–Crippen MR) is 85.1 cm³/mol. The lowest BCUT2D eigenvalue weighted by atomic mass is 9.74. The van der Waals surface area contributed by atoms with Gasteiger partial charge in [-0.25, -0.2) is 9.48 Å². The molecule has 0 aliphatic carbocycles. The maximum absolute atomic E-state index is 12.6. The van der Waals surface area contributed by atoms with Crippen molar-refractivity contribution in [2.45, 2.75) is 50.9 Å². The first-order valence-corrected chi connectivity index (χ1v) is 8.92. The van der Waals surface area contributed by atoms with Crippen LogP contribution in [0.2, 0.25) is 0 Å². The fourth-order valence-corrected chi connectivity index (χ4v) is 4.31. The van der Waals surface area contributed by atoms with E-state index in [2.05, 4.69) is 15.0 Å². The van der Waals surface area contributed by atoms with Crippen molar-refractivity contribution in [3.63, 3.8) is 0 Å². The van der Waals surface area contributed by atoms with Gasteiger partial charge in [0.05, 0.1) is 18.4 Å². The number of nitrogens with zero attached hydrogens (tertiary/aromatic N) is 4. The Labute approximate surface area is 138 Å². The van der Waals surface area contributed by atoms with E-state index in [0.717, 1.165) is 18.5 Å². The summed E-state index contributed by atoms with van der Waals surface area (Å²) in [4.78, 5) is 12.6. The second-order valence-corrected chi connectivity index (χ2v) is 9.38. The number of nitrogens with one attached hydrogen (secondary N) is 1. The molecular weight excluding hydrogens is 318 g/mol. The van der Waals surface area contributed by atoms with E-state index in [9.17, 15) is 9.35 Å². The van der Waals surface area contributed by atoms with Gasteiger partial charge in [0.25, 0.3) is 0 Å². The smallest absolute Gasteiger partial charge is 0.407 e. The van der Waals surface area contributed by atoms with Gasteiger partial charge in [0.2, 0.25) is 0 Å². The van der Waals surface area contributed by atoms with Gasteiger partial charge in [-0.1, -0.05) is 5.21 Å². The second-order valence-electron chi connectivity index (χ2n) is 7.38. The summed E-state index contributed by atoms with van der Waals surface area (Å²) in [5.74, 6) is 0. The van der Waals surface area contributed by atoms with E-state index in [-0.39, 0.29) is 16.2 Å². The summed E-state index contributed by atoms with van der Waals surface area (Å²) < 4.78 is 17.4. The molecule has 0 radical (unpaired) electrons. The fourth-order valence-electron chi connectivity index (χ4n) is 3.37. The molecule has 2 aliphatic heterocycles. The molecule has 0 aromatic carbocycles. The van der Waals surface area contributed by atoms with Gasteiger partial charge < -0.3 is 14.6 Å². The lowest BCUT2D eigenvalue weighted by molar-refractivity contribution is 0.0697. The minimum atomic E-state index is -1.21. The van der Waals surface area contributed by atoms with Gasteiger partial charge >= 0.3 is 6.09 Å². The third kappa shape index (κ3) is 2.92. The van der Waals surface area contributed by atoms with Crippen LogP contribution in [-0.2, 0) is 17.9 Å². The maximum atomic E-state index is 12.6. The molecule has 0 saturated carbocycles. The van der Waals surface area contributed by atoms with Gasteiger partial charge in [-0.15, -0.1) is 9.82 Å². The summed E-state index contributed by atoms with van der Waals surface area (Å²) in [6.07, 6.45) is 2.29. The first-order chi connectivity index (χ1) is 10.7. The highest BCUT2D eigenvalue weighted by Crippen LogP contribution is 2.49. The molecule has 8 nitrogen and oxygen atoms in total. The van der Waals surface area contributed by atoms with Crippen LogP contribution in [0.1, 0.15) is 45.3 Å². The Hall–Kier alpha value is -1.32. The number of piperidine rings is 1. The van der Waals surface area contributed by atoms with Crippen LogP contribution in [0.5, 0.6) is 0 Å². The summed E-state index contributed by atoms with van der Waals surface area (Å²) in [7, 11) is 0. The molecule has 3 rings (SSSR count). The van der Waals surface area contributed by atoms with Gasteiger partial charge in [0, 0.05) is 29.9 Å². The van der Waals surface area contributed by atoms with E-state index in [1.165, 1.54) is 4.90 Å². The van der Waals surface area contributed by atoms with Crippen molar-refractivity contribution in [1.29, 1.82) is 0 Å². The highest BCUT2D eigenvalue weighted by Gasteiger charge is 2.52. The Morgan fingerprint density at radius 2 is 2.13 bits per heavy atom. The normalized spacial score (nSPS) is 24.7. The molecular formula is C14H23N5O3S. The summed E-state index contributed by atoms with van der Waals surface area (Å²) in [6.45, 7) is 7.47. The van der Waals surface area contributed by atoms with Crippen LogP contribution in [0.25, 0.3) is 0 Å². The van der Waals surface area contributed by atoms with Crippen LogP contribution in [0.15, 0.2) is 6.20 Å². The zero-order valence-corrected chi connectivity index (χ0v) is 14.5. The largest absolute Gasteiger partial charge is 0.598 e. The minimum absolute atomic E-state index is 0.117. The minimum Gasteiger partial charge on any atom is -0.598 e. The number of likely N-dealkylation sites (tertiary alicyclic amines) is 1. The molecule has 0 bridgehead atoms. The number of aromatic nitrogens is 3. The monoisotopic (exact) mass is 341 g/mol. The number of carboxylic acid groups (broad SMARTS) is 1. The highest BCUT2D eigenvalue weighted by molar-refractivity contribution is 7.90. The molecule has 1 aromatic heterocycles. The second kappa shape index (κ2) is 5.64. The zero-order valence-electron chi connectivity index (χ0n) is 13.7. The number of hydrogen-bond acceptors (Lipinski definition) is 5. The lowest BCUT2D eigenvalue weighted by Crippen LogP contribution is -2.50. The average molecular weight is 341 g/mol. The molecule has 1 aromatic rings. The molecule has 23 heavy (non-hydrogen) atoms. The summed E-state index contributed by atoms with van der Waals surface area (Å²) >= 11 is -1.21. The van der Waals surface area contributed by atoms with Gasteiger partial charge in [-0.2, -0.15) is 0 Å². The van der Waals surface area contributed by atoms with Crippen molar-refractivity contribution in [3.8, 4) is 0 Å². The maximum Gasteiger partial charge on any atom is 0.407 e. The Morgan fingerprint density at radius 1 is 1.48 bits per heavy atom. The fraction of sp³-hybridized carbons (Fsp3) is 0.786. The molecule has 1 unspecified atom stereocenters. The van der Waals surface area contributed by atoms with Crippen LogP contribution in [0.3, 0.4) is 0 Å². The Balaban J connectivity index is 1.83. The molecule has 1 amide bonds. The molecule has 3 heterocycles. The zero-order chi connectivity index (χ0) is 16.8. The Morgan fingerprint density at radius 3 is 2.70 bits per heavy atom. The van der Waals surface area contributed by atoms with E-state index < -0.39 is 17.5 Å². The van der Waals surface area contributed by atoms with Crippen molar-refractivity contribution in [1.82, 2.24) is 24.6 Å². The Kier molecular flexibility index (Phi) is 4.06. The standard InChI is InChI=1S/C14H23N5O3S/c1-13(2,3)23(22)16-11-10-8-15-17-19(10)9-14(11)4-6-18(7-5-14)12(20)21/h8,11,16H,4-7,9H2,1-3H3,(H,20,21)/t11-,23?/m1/s1. The number of amides is 1. The van der Waals surface area contributed by atoms with Gasteiger partial charge in [0.1, 0.15) is 10.8 Å². The number of rotatable bonds is 2. The SMILES string of the molecule is CC(C)(C)[S+]([O-])N[C@@H]1c2cnnn2CC12CCN(C(=O)O)CC2. The van der Waals surface area contributed by atoms with E-state index in [1.54, 1.807) is 6.20 Å². The first-order valence-electron chi connectivity index (χ1n) is 7.77. The van der Waals surface area contributed by atoms with Crippen LogP contribution in [-0.4, -0.2) is 53.5 Å². The van der Waals surface area contributed by atoms with Crippen LogP contribution in [0, 0.1) is 5.41 Å². The van der Waals surface area contributed by atoms with Crippen LogP contribution in [0.4, 0.5) is 4.79 Å². The molecule has 1 fully saturated rings. The van der Waals surface area contributed by atoms with E-state index >= 15 is 0 Å². The molecule has 1 saturated heterocycles. The summed E-state index contributed by atoms with van der Waals surface area (Å²) in [6, 6.07) is -0.117. The van der Waals surface area contributed by atoms with Crippen molar-refractivity contribution in [2.75, 3.05) is 13.1 Å². The average Bonchev–Trinajstić information content (AvgIpc) is 3.00. The van der Waals surface area contributed by atoms with E-state index in [0.29, 0.717) is 19.6 Å². The van der Waals surface area contributed by atoms with Crippen molar-refractivity contribution >= 4 is 17.5 Å². The van der Waals surface area contributed by atoms with Crippen molar-refractivity contribution < 1.29 is 14.5 Å². The molecule has 2 N–H and O–H groups in total. The summed E-state index contributed by atoms with van der Waals surface area (Å²) in [5.41, 5.74) is 0.782. The van der Waals surface area contributed by atoms with Gasteiger partial charge in [0.15, 0.2) is 0 Å². The van der Waals surface area contributed by atoms with Crippen molar-refractivity contribution in [3.05, 3.63) is 11.9 Å². The van der Waals surface area contributed by atoms with Gasteiger partial charge in [-0.05, 0) is 33.6 Å². The van der Waals surface area contributed by atoms with Gasteiger partial charge in [-0.3, -0.25) is 0 Å². The third-order valence-corrected chi connectivity index (χ3v) is 6.39. The number of hydrogen-bond donors (Lipinski definition) is 2. The quantitative estimate of drug-likeness (QED) is 0.782. The lowest BCUT2D eigenvalue weighted by Gasteiger charge is -2.42. The predicted octanol–water partition coefficient (Wildman–Crippen LogP) is 1.14. The molecule has 1 spiro atoms. The van der Waals surface area contributed by atoms with Crippen LogP contribution < -0.4 is 4.72 Å². The van der Waals surface area contributed by atoms with Crippen LogP contribution >= 0.6 is 0 Å². The Bertz CT molecular complexity index is 591. The van der Waals surface area contributed by atoms with E-state index in [1.807, 2.05) is 25.5 Å².